The maximum Gasteiger partial charge on any atom is 0.323 e. The van der Waals surface area contributed by atoms with Crippen LogP contribution in [-0.4, -0.2) is 58.4 Å². The Bertz CT molecular complexity index is 618. The molecule has 3 rings (SSSR count). The van der Waals surface area contributed by atoms with Crippen molar-refractivity contribution in [3.63, 3.8) is 0 Å². The third-order valence-corrected chi connectivity index (χ3v) is 6.00. The lowest BCUT2D eigenvalue weighted by molar-refractivity contribution is -0.129. The smallest absolute Gasteiger partial charge is 0.323 e. The van der Waals surface area contributed by atoms with Crippen molar-refractivity contribution in [2.45, 2.75) is 44.6 Å². The third-order valence-electron chi connectivity index (χ3n) is 5.22. The Kier molecular flexibility index (Phi) is 4.78. The molecular formula is C16H25N5O2S. The van der Waals surface area contributed by atoms with Gasteiger partial charge in [0, 0.05) is 37.5 Å². The first-order chi connectivity index (χ1) is 11.4. The van der Waals surface area contributed by atoms with Crippen LogP contribution in [0.15, 0.2) is 5.38 Å². The summed E-state index contributed by atoms with van der Waals surface area (Å²) < 4.78 is 0. The summed E-state index contributed by atoms with van der Waals surface area (Å²) in [7, 11) is 0. The van der Waals surface area contributed by atoms with E-state index in [4.69, 9.17) is 5.73 Å². The molecule has 0 aromatic carbocycles. The van der Waals surface area contributed by atoms with E-state index in [0.29, 0.717) is 37.2 Å². The van der Waals surface area contributed by atoms with Crippen molar-refractivity contribution >= 4 is 28.4 Å². The van der Waals surface area contributed by atoms with Gasteiger partial charge in [-0.25, -0.2) is 9.78 Å². The predicted molar refractivity (Wildman–Crippen MR) is 94.1 cm³/mol. The van der Waals surface area contributed by atoms with E-state index >= 15 is 0 Å². The molecule has 2 fully saturated rings. The highest BCUT2D eigenvalue weighted by atomic mass is 32.1. The molecule has 2 aliphatic rings. The quantitative estimate of drug-likeness (QED) is 0.865. The fraction of sp³-hybridized carbons (Fsp3) is 0.688. The SMILES string of the molecule is CC(C)(C(N)=O)N1CCN(C(=O)Nc2nc(C3CCC3)cs2)CC1. The van der Waals surface area contributed by atoms with Crippen LogP contribution in [0, 0.1) is 0 Å². The van der Waals surface area contributed by atoms with Gasteiger partial charge in [0.25, 0.3) is 0 Å². The van der Waals surface area contributed by atoms with Gasteiger partial charge in [-0.3, -0.25) is 15.0 Å². The highest BCUT2D eigenvalue weighted by Crippen LogP contribution is 2.37. The lowest BCUT2D eigenvalue weighted by Crippen LogP contribution is -2.60. The van der Waals surface area contributed by atoms with E-state index < -0.39 is 5.54 Å². The number of nitrogens with one attached hydrogen (secondary N) is 1. The molecule has 0 unspecified atom stereocenters. The number of carbonyl (C=O) groups is 2. The number of aromatic nitrogens is 1. The second kappa shape index (κ2) is 6.68. The number of nitrogens with two attached hydrogens (primary N) is 1. The maximum atomic E-state index is 12.4. The Morgan fingerprint density at radius 2 is 1.96 bits per heavy atom. The van der Waals surface area contributed by atoms with Gasteiger partial charge in [-0.05, 0) is 26.7 Å². The fourth-order valence-electron chi connectivity index (χ4n) is 3.03. The molecule has 1 aromatic heterocycles. The Balaban J connectivity index is 1.52. The van der Waals surface area contributed by atoms with E-state index in [2.05, 4.69) is 10.3 Å². The summed E-state index contributed by atoms with van der Waals surface area (Å²) in [5.41, 5.74) is 5.88. The summed E-state index contributed by atoms with van der Waals surface area (Å²) >= 11 is 1.49. The number of thiazole rings is 1. The van der Waals surface area contributed by atoms with Gasteiger partial charge in [0.15, 0.2) is 5.13 Å². The second-order valence-electron chi connectivity index (χ2n) is 7.03. The average molecular weight is 351 g/mol. The van der Waals surface area contributed by atoms with E-state index in [1.54, 1.807) is 4.90 Å². The monoisotopic (exact) mass is 351 g/mol. The molecule has 7 nitrogen and oxygen atoms in total. The van der Waals surface area contributed by atoms with Gasteiger partial charge in [0.2, 0.25) is 5.91 Å². The standard InChI is InChI=1S/C16H25N5O2S/c1-16(2,13(17)22)21-8-6-20(7-9-21)15(23)19-14-18-12(10-24-14)11-4-3-5-11/h10-11H,3-9H2,1-2H3,(H2,17,22)(H,18,19,23). The zero-order valence-electron chi connectivity index (χ0n) is 14.2. The van der Waals surface area contributed by atoms with Crippen LogP contribution in [0.5, 0.6) is 0 Å². The molecule has 1 saturated heterocycles. The Morgan fingerprint density at radius 3 is 2.50 bits per heavy atom. The van der Waals surface area contributed by atoms with Gasteiger partial charge in [0.1, 0.15) is 0 Å². The molecule has 1 saturated carbocycles. The average Bonchev–Trinajstić information content (AvgIpc) is 2.93. The Morgan fingerprint density at radius 1 is 1.29 bits per heavy atom. The number of nitrogens with zero attached hydrogens (tertiary/aromatic N) is 3. The summed E-state index contributed by atoms with van der Waals surface area (Å²) in [4.78, 5) is 32.3. The molecule has 0 bridgehead atoms. The van der Waals surface area contributed by atoms with Gasteiger partial charge in [-0.2, -0.15) is 0 Å². The highest BCUT2D eigenvalue weighted by molar-refractivity contribution is 7.13. The van der Waals surface area contributed by atoms with Crippen molar-refractivity contribution in [3.05, 3.63) is 11.1 Å². The number of carbonyl (C=O) groups excluding carboxylic acids is 2. The van der Waals surface area contributed by atoms with Crippen molar-refractivity contribution in [2.75, 3.05) is 31.5 Å². The van der Waals surface area contributed by atoms with Crippen molar-refractivity contribution < 1.29 is 9.59 Å². The van der Waals surface area contributed by atoms with Crippen LogP contribution in [0.25, 0.3) is 0 Å². The first-order valence-electron chi connectivity index (χ1n) is 8.44. The van der Waals surface area contributed by atoms with E-state index in [0.717, 1.165) is 5.69 Å². The molecule has 3 N–H and O–H groups in total. The van der Waals surface area contributed by atoms with Crippen LogP contribution in [0.1, 0.15) is 44.7 Å². The minimum atomic E-state index is -0.685. The van der Waals surface area contributed by atoms with E-state index in [-0.39, 0.29) is 11.9 Å². The number of hydrogen-bond donors (Lipinski definition) is 2. The van der Waals surface area contributed by atoms with Crippen LogP contribution in [0.3, 0.4) is 0 Å². The van der Waals surface area contributed by atoms with Gasteiger partial charge in [-0.1, -0.05) is 6.42 Å². The molecule has 1 aliphatic carbocycles. The zero-order chi connectivity index (χ0) is 17.3. The van der Waals surface area contributed by atoms with Crippen LogP contribution >= 0.6 is 11.3 Å². The summed E-state index contributed by atoms with van der Waals surface area (Å²) in [6, 6.07) is -0.124. The van der Waals surface area contributed by atoms with Crippen LogP contribution < -0.4 is 11.1 Å². The number of rotatable bonds is 4. The number of piperazine rings is 1. The van der Waals surface area contributed by atoms with Crippen molar-refractivity contribution in [1.82, 2.24) is 14.8 Å². The molecule has 132 valence electrons. The first kappa shape index (κ1) is 17.2. The number of primary amides is 1. The van der Waals surface area contributed by atoms with E-state index in [1.165, 1.54) is 30.6 Å². The molecule has 8 heteroatoms. The predicted octanol–water partition coefficient (Wildman–Crippen LogP) is 1.82. The van der Waals surface area contributed by atoms with Crippen LogP contribution in [0.2, 0.25) is 0 Å². The van der Waals surface area contributed by atoms with Crippen molar-refractivity contribution in [2.24, 2.45) is 5.73 Å². The van der Waals surface area contributed by atoms with Crippen LogP contribution in [-0.2, 0) is 4.79 Å². The van der Waals surface area contributed by atoms with E-state index in [9.17, 15) is 9.59 Å². The van der Waals surface area contributed by atoms with Crippen molar-refractivity contribution in [1.29, 1.82) is 0 Å². The minimum Gasteiger partial charge on any atom is -0.368 e. The molecule has 2 heterocycles. The number of amides is 3. The molecular weight excluding hydrogens is 326 g/mol. The summed E-state index contributed by atoms with van der Waals surface area (Å²) in [5, 5.41) is 5.61. The molecule has 0 spiro atoms. The number of urea groups is 1. The molecule has 3 amide bonds. The maximum absolute atomic E-state index is 12.4. The largest absolute Gasteiger partial charge is 0.368 e. The van der Waals surface area contributed by atoms with Gasteiger partial charge in [0.05, 0.1) is 11.2 Å². The van der Waals surface area contributed by atoms with Gasteiger partial charge < -0.3 is 10.6 Å². The Hall–Kier alpha value is -1.67. The molecule has 0 atom stereocenters. The van der Waals surface area contributed by atoms with Gasteiger partial charge in [-0.15, -0.1) is 11.3 Å². The Labute approximate surface area is 146 Å². The fourth-order valence-corrected chi connectivity index (χ4v) is 3.81. The third kappa shape index (κ3) is 3.39. The normalized spacial score (nSPS) is 19.8. The highest BCUT2D eigenvalue weighted by Gasteiger charge is 2.35. The van der Waals surface area contributed by atoms with Gasteiger partial charge >= 0.3 is 6.03 Å². The van der Waals surface area contributed by atoms with E-state index in [1.807, 2.05) is 24.1 Å². The van der Waals surface area contributed by atoms with Crippen molar-refractivity contribution in [3.8, 4) is 0 Å². The zero-order valence-corrected chi connectivity index (χ0v) is 15.1. The topological polar surface area (TPSA) is 91.6 Å². The summed E-state index contributed by atoms with van der Waals surface area (Å²) in [5.74, 6) is 0.234. The number of anilines is 1. The minimum absolute atomic E-state index is 0.124. The molecule has 1 aromatic rings. The second-order valence-corrected chi connectivity index (χ2v) is 7.89. The lowest BCUT2D eigenvalue weighted by Gasteiger charge is -2.42. The number of hydrogen-bond acceptors (Lipinski definition) is 5. The molecule has 0 radical (unpaired) electrons. The summed E-state index contributed by atoms with van der Waals surface area (Å²) in [6.45, 7) is 6.06. The summed E-state index contributed by atoms with van der Waals surface area (Å²) in [6.07, 6.45) is 3.68. The molecule has 24 heavy (non-hydrogen) atoms. The molecule has 1 aliphatic heterocycles. The van der Waals surface area contributed by atoms with Crippen LogP contribution in [0.4, 0.5) is 9.93 Å². The first-order valence-corrected chi connectivity index (χ1v) is 9.32. The lowest BCUT2D eigenvalue weighted by atomic mass is 9.83.